The van der Waals surface area contributed by atoms with Gasteiger partial charge in [-0.15, -0.1) is 0 Å². The van der Waals surface area contributed by atoms with Crippen LogP contribution in [0.5, 0.6) is 5.75 Å². The first-order chi connectivity index (χ1) is 9.58. The summed E-state index contributed by atoms with van der Waals surface area (Å²) in [6.07, 6.45) is 3.35. The molecule has 4 heteroatoms. The lowest BCUT2D eigenvalue weighted by atomic mass is 9.80. The predicted octanol–water partition coefficient (Wildman–Crippen LogP) is 2.22. The zero-order valence-corrected chi connectivity index (χ0v) is 12.2. The van der Waals surface area contributed by atoms with Gasteiger partial charge in [-0.05, 0) is 43.4 Å². The van der Waals surface area contributed by atoms with Crippen LogP contribution in [0.1, 0.15) is 44.1 Å². The highest BCUT2D eigenvalue weighted by atomic mass is 16.5. The van der Waals surface area contributed by atoms with E-state index in [0.29, 0.717) is 6.54 Å². The van der Waals surface area contributed by atoms with Crippen molar-refractivity contribution < 1.29 is 14.6 Å². The molecule has 0 saturated heterocycles. The van der Waals surface area contributed by atoms with Crippen LogP contribution in [0.15, 0.2) is 24.3 Å². The van der Waals surface area contributed by atoms with Crippen molar-refractivity contribution in [3.05, 3.63) is 29.8 Å². The van der Waals surface area contributed by atoms with Crippen LogP contribution in [0.3, 0.4) is 0 Å². The molecule has 4 nitrogen and oxygen atoms in total. The van der Waals surface area contributed by atoms with Crippen LogP contribution in [0, 0.1) is 0 Å². The first-order valence-electron chi connectivity index (χ1n) is 7.22. The van der Waals surface area contributed by atoms with E-state index in [2.05, 4.69) is 5.32 Å². The van der Waals surface area contributed by atoms with E-state index in [9.17, 15) is 9.90 Å². The Morgan fingerprint density at radius 3 is 2.50 bits per heavy atom. The molecular weight excluding hydrogens is 254 g/mol. The van der Waals surface area contributed by atoms with E-state index >= 15 is 0 Å². The van der Waals surface area contributed by atoms with E-state index in [4.69, 9.17) is 4.74 Å². The fourth-order valence-corrected chi connectivity index (χ4v) is 2.55. The fourth-order valence-electron chi connectivity index (χ4n) is 2.55. The molecule has 0 spiro atoms. The van der Waals surface area contributed by atoms with Crippen LogP contribution in [0.25, 0.3) is 0 Å². The molecule has 1 aromatic rings. The molecule has 1 atom stereocenters. The van der Waals surface area contributed by atoms with Crippen molar-refractivity contribution in [2.24, 2.45) is 0 Å². The largest absolute Gasteiger partial charge is 0.497 e. The summed E-state index contributed by atoms with van der Waals surface area (Å²) in [7, 11) is 1.62. The normalized spacial score (nSPS) is 17.9. The van der Waals surface area contributed by atoms with Gasteiger partial charge in [-0.3, -0.25) is 4.79 Å². The molecule has 0 bridgehead atoms. The summed E-state index contributed by atoms with van der Waals surface area (Å²) in [6, 6.07) is 7.57. The first kappa shape index (κ1) is 14.9. The number of carbonyl (C=O) groups is 1. The smallest absolute Gasteiger partial charge is 0.227 e. The first-order valence-corrected chi connectivity index (χ1v) is 7.22. The van der Waals surface area contributed by atoms with Crippen molar-refractivity contribution in [3.8, 4) is 5.75 Å². The Labute approximate surface area is 120 Å². The van der Waals surface area contributed by atoms with E-state index in [1.165, 1.54) is 0 Å². The van der Waals surface area contributed by atoms with E-state index in [0.717, 1.165) is 37.0 Å². The van der Waals surface area contributed by atoms with Gasteiger partial charge in [-0.25, -0.2) is 0 Å². The zero-order valence-electron chi connectivity index (χ0n) is 12.2. The van der Waals surface area contributed by atoms with Gasteiger partial charge in [0.2, 0.25) is 5.91 Å². The molecule has 0 heterocycles. The van der Waals surface area contributed by atoms with Crippen molar-refractivity contribution in [3.63, 3.8) is 0 Å². The summed E-state index contributed by atoms with van der Waals surface area (Å²) in [4.78, 5) is 12.3. The zero-order chi connectivity index (χ0) is 14.6. The van der Waals surface area contributed by atoms with Gasteiger partial charge in [0, 0.05) is 6.54 Å². The minimum Gasteiger partial charge on any atom is -0.497 e. The molecule has 20 heavy (non-hydrogen) atoms. The molecular formula is C16H23NO3. The Kier molecular flexibility index (Phi) is 4.65. The molecule has 2 rings (SSSR count). The molecule has 1 unspecified atom stereocenters. The summed E-state index contributed by atoms with van der Waals surface area (Å²) < 4.78 is 5.12. The molecule has 1 fully saturated rings. The fraction of sp³-hybridized carbons (Fsp3) is 0.562. The molecule has 1 aliphatic carbocycles. The van der Waals surface area contributed by atoms with Crippen LogP contribution in [-0.2, 0) is 4.79 Å². The van der Waals surface area contributed by atoms with Crippen LogP contribution in [0.2, 0.25) is 0 Å². The van der Waals surface area contributed by atoms with Crippen molar-refractivity contribution in [2.45, 2.75) is 44.1 Å². The molecule has 1 saturated carbocycles. The van der Waals surface area contributed by atoms with Crippen molar-refractivity contribution >= 4 is 5.91 Å². The average molecular weight is 277 g/mol. The lowest BCUT2D eigenvalue weighted by Gasteiger charge is -2.36. The number of nitrogens with one attached hydrogen (secondary N) is 1. The molecule has 110 valence electrons. The average Bonchev–Trinajstić information content (AvgIpc) is 2.44. The minimum atomic E-state index is -0.673. The molecule has 0 aromatic heterocycles. The third kappa shape index (κ3) is 3.31. The van der Waals surface area contributed by atoms with Crippen LogP contribution >= 0.6 is 0 Å². The monoisotopic (exact) mass is 277 g/mol. The predicted molar refractivity (Wildman–Crippen MR) is 77.8 cm³/mol. The Hall–Kier alpha value is -1.55. The summed E-state index contributed by atoms with van der Waals surface area (Å²) >= 11 is 0. The minimum absolute atomic E-state index is 0.0157. The van der Waals surface area contributed by atoms with Crippen molar-refractivity contribution in [1.29, 1.82) is 0 Å². The van der Waals surface area contributed by atoms with Crippen LogP contribution in [-0.4, -0.2) is 30.3 Å². The topological polar surface area (TPSA) is 58.6 Å². The molecule has 1 aliphatic rings. The maximum Gasteiger partial charge on any atom is 0.227 e. The standard InChI is InChI=1S/C16H23NO3/c1-3-14(12-5-7-13(20-2)8-6-12)15(18)17-11-16(19)9-4-10-16/h5-8,14,19H,3-4,9-11H2,1-2H3,(H,17,18). The maximum absolute atomic E-state index is 12.3. The second-order valence-corrected chi connectivity index (χ2v) is 5.53. The van der Waals surface area contributed by atoms with Crippen molar-refractivity contribution in [2.75, 3.05) is 13.7 Å². The van der Waals surface area contributed by atoms with E-state index in [-0.39, 0.29) is 11.8 Å². The Morgan fingerprint density at radius 2 is 2.05 bits per heavy atom. The van der Waals surface area contributed by atoms with E-state index < -0.39 is 5.60 Å². The highest BCUT2D eigenvalue weighted by molar-refractivity contribution is 5.83. The van der Waals surface area contributed by atoms with Crippen LogP contribution in [0.4, 0.5) is 0 Å². The molecule has 1 aromatic carbocycles. The van der Waals surface area contributed by atoms with Gasteiger partial charge in [0.1, 0.15) is 5.75 Å². The molecule has 0 radical (unpaired) electrons. The highest BCUT2D eigenvalue weighted by Crippen LogP contribution is 2.31. The van der Waals surface area contributed by atoms with Gasteiger partial charge in [0.25, 0.3) is 0 Å². The quantitative estimate of drug-likeness (QED) is 0.838. The number of aliphatic hydroxyl groups is 1. The van der Waals surface area contributed by atoms with Gasteiger partial charge in [-0.2, -0.15) is 0 Å². The van der Waals surface area contributed by atoms with Gasteiger partial charge < -0.3 is 15.2 Å². The van der Waals surface area contributed by atoms with Gasteiger partial charge >= 0.3 is 0 Å². The molecule has 1 amide bonds. The number of carbonyl (C=O) groups excluding carboxylic acids is 1. The van der Waals surface area contributed by atoms with Gasteiger partial charge in [0.15, 0.2) is 0 Å². The molecule has 0 aliphatic heterocycles. The number of hydrogen-bond donors (Lipinski definition) is 2. The summed E-state index contributed by atoms with van der Waals surface area (Å²) in [5, 5.41) is 12.9. The second-order valence-electron chi connectivity index (χ2n) is 5.53. The summed E-state index contributed by atoms with van der Waals surface area (Å²) in [5.41, 5.74) is 0.305. The number of rotatable bonds is 6. The van der Waals surface area contributed by atoms with Crippen molar-refractivity contribution in [1.82, 2.24) is 5.32 Å². The lowest BCUT2D eigenvalue weighted by Crippen LogP contribution is -2.48. The lowest BCUT2D eigenvalue weighted by molar-refractivity contribution is -0.125. The second kappa shape index (κ2) is 6.27. The Morgan fingerprint density at radius 1 is 1.40 bits per heavy atom. The number of benzene rings is 1. The Bertz CT molecular complexity index is 451. The summed E-state index contributed by atoms with van der Waals surface area (Å²) in [6.45, 7) is 2.35. The van der Waals surface area contributed by atoms with E-state index in [1.54, 1.807) is 7.11 Å². The molecule has 2 N–H and O–H groups in total. The maximum atomic E-state index is 12.3. The Balaban J connectivity index is 1.97. The summed E-state index contributed by atoms with van der Waals surface area (Å²) in [5.74, 6) is 0.593. The highest BCUT2D eigenvalue weighted by Gasteiger charge is 2.35. The number of amides is 1. The van der Waals surface area contributed by atoms with Gasteiger partial charge in [0.05, 0.1) is 18.6 Å². The third-order valence-electron chi connectivity index (χ3n) is 4.12. The third-order valence-corrected chi connectivity index (χ3v) is 4.12. The number of methoxy groups -OCH3 is 1. The van der Waals surface area contributed by atoms with E-state index in [1.807, 2.05) is 31.2 Å². The number of hydrogen-bond acceptors (Lipinski definition) is 3. The van der Waals surface area contributed by atoms with Crippen LogP contribution < -0.4 is 10.1 Å². The number of ether oxygens (including phenoxy) is 1. The SMILES string of the molecule is CCC(C(=O)NCC1(O)CCC1)c1ccc(OC)cc1. The van der Waals surface area contributed by atoms with Gasteiger partial charge in [-0.1, -0.05) is 19.1 Å².